The van der Waals surface area contributed by atoms with E-state index in [1.54, 1.807) is 0 Å². The van der Waals surface area contributed by atoms with Crippen molar-refractivity contribution in [3.05, 3.63) is 11.8 Å². The summed E-state index contributed by atoms with van der Waals surface area (Å²) in [6.07, 6.45) is -0.724. The molecule has 1 fully saturated rings. The molecule has 10 nitrogen and oxygen atoms in total. The Bertz CT molecular complexity index is 783. The molecule has 0 spiro atoms. The third-order valence-corrected chi connectivity index (χ3v) is 4.84. The van der Waals surface area contributed by atoms with Crippen LogP contribution in [0.25, 0.3) is 0 Å². The summed E-state index contributed by atoms with van der Waals surface area (Å²) in [6, 6.07) is -1.95. The number of aliphatic hydroxyl groups is 1. The SMILES string of the molecule is CC(C)C[C@@H]1NC(=O)N(CC(=O)N[C@@H](C(C)C)C(O)c2nnc(C(C)(C)C)o2)C1=O. The van der Waals surface area contributed by atoms with E-state index in [1.165, 1.54) is 0 Å². The summed E-state index contributed by atoms with van der Waals surface area (Å²) in [4.78, 5) is 38.0. The fourth-order valence-corrected chi connectivity index (χ4v) is 3.15. The van der Waals surface area contributed by atoms with Crippen molar-refractivity contribution in [2.24, 2.45) is 11.8 Å². The highest BCUT2D eigenvalue weighted by molar-refractivity contribution is 6.06. The van der Waals surface area contributed by atoms with E-state index in [0.717, 1.165) is 4.90 Å². The smallest absolute Gasteiger partial charge is 0.325 e. The lowest BCUT2D eigenvalue weighted by Crippen LogP contribution is -2.48. The van der Waals surface area contributed by atoms with Crippen LogP contribution in [-0.4, -0.2) is 56.7 Å². The molecule has 0 aromatic carbocycles. The maximum atomic E-state index is 12.6. The number of nitrogens with one attached hydrogen (secondary N) is 2. The van der Waals surface area contributed by atoms with Gasteiger partial charge in [-0.2, -0.15) is 0 Å². The van der Waals surface area contributed by atoms with E-state index in [-0.39, 0.29) is 23.1 Å². The van der Waals surface area contributed by atoms with Gasteiger partial charge in [-0.05, 0) is 18.3 Å². The van der Waals surface area contributed by atoms with Crippen molar-refractivity contribution in [1.82, 2.24) is 25.7 Å². The maximum absolute atomic E-state index is 12.6. The lowest BCUT2D eigenvalue weighted by Gasteiger charge is -2.26. The molecule has 0 saturated carbocycles. The minimum atomic E-state index is -1.23. The number of urea groups is 1. The molecule has 10 heteroatoms. The zero-order valence-corrected chi connectivity index (χ0v) is 18.7. The van der Waals surface area contributed by atoms with E-state index in [2.05, 4.69) is 20.8 Å². The van der Waals surface area contributed by atoms with E-state index >= 15 is 0 Å². The first-order valence-corrected chi connectivity index (χ1v) is 10.2. The Morgan fingerprint density at radius 2 is 1.87 bits per heavy atom. The summed E-state index contributed by atoms with van der Waals surface area (Å²) >= 11 is 0. The molecular weight excluding hydrogens is 390 g/mol. The van der Waals surface area contributed by atoms with Gasteiger partial charge in [0.05, 0.1) is 6.04 Å². The molecule has 1 aromatic heterocycles. The number of carbonyl (C=O) groups excluding carboxylic acids is 3. The van der Waals surface area contributed by atoms with Gasteiger partial charge in [0.2, 0.25) is 17.7 Å². The molecule has 1 aliphatic heterocycles. The van der Waals surface area contributed by atoms with Crippen molar-refractivity contribution >= 4 is 17.8 Å². The van der Waals surface area contributed by atoms with Gasteiger partial charge < -0.3 is 20.2 Å². The minimum absolute atomic E-state index is 0.00548. The average Bonchev–Trinajstić information content (AvgIpc) is 3.20. The first-order valence-electron chi connectivity index (χ1n) is 10.2. The monoisotopic (exact) mass is 423 g/mol. The first kappa shape index (κ1) is 23.8. The zero-order valence-electron chi connectivity index (χ0n) is 18.7. The number of rotatable bonds is 8. The van der Waals surface area contributed by atoms with Crippen LogP contribution in [0.5, 0.6) is 0 Å². The maximum Gasteiger partial charge on any atom is 0.325 e. The molecule has 2 heterocycles. The first-order chi connectivity index (χ1) is 13.8. The Morgan fingerprint density at radius 3 is 2.37 bits per heavy atom. The average molecular weight is 424 g/mol. The number of aromatic nitrogens is 2. The summed E-state index contributed by atoms with van der Waals surface area (Å²) in [6.45, 7) is 12.8. The molecule has 0 bridgehead atoms. The predicted molar refractivity (Wildman–Crippen MR) is 108 cm³/mol. The fourth-order valence-electron chi connectivity index (χ4n) is 3.15. The number of hydrogen-bond donors (Lipinski definition) is 3. The van der Waals surface area contributed by atoms with Crippen molar-refractivity contribution in [3.8, 4) is 0 Å². The molecule has 2 rings (SSSR count). The van der Waals surface area contributed by atoms with Crippen molar-refractivity contribution in [2.75, 3.05) is 6.54 Å². The summed E-state index contributed by atoms with van der Waals surface area (Å²) in [5.41, 5.74) is -0.377. The number of amides is 4. The third kappa shape index (κ3) is 5.56. The van der Waals surface area contributed by atoms with Crippen LogP contribution in [0.2, 0.25) is 0 Å². The molecule has 0 radical (unpaired) electrons. The molecule has 168 valence electrons. The third-order valence-electron chi connectivity index (χ3n) is 4.84. The molecule has 0 aliphatic carbocycles. The van der Waals surface area contributed by atoms with Gasteiger partial charge in [0.15, 0.2) is 6.10 Å². The predicted octanol–water partition coefficient (Wildman–Crippen LogP) is 1.51. The number of hydrogen-bond acceptors (Lipinski definition) is 7. The zero-order chi connectivity index (χ0) is 22.8. The molecule has 30 heavy (non-hydrogen) atoms. The number of aliphatic hydroxyl groups excluding tert-OH is 1. The van der Waals surface area contributed by atoms with E-state index in [9.17, 15) is 19.5 Å². The van der Waals surface area contributed by atoms with Gasteiger partial charge in [0.25, 0.3) is 5.91 Å². The highest BCUT2D eigenvalue weighted by Crippen LogP contribution is 2.26. The summed E-state index contributed by atoms with van der Waals surface area (Å²) in [5, 5.41) is 23.9. The highest BCUT2D eigenvalue weighted by Gasteiger charge is 2.40. The fraction of sp³-hybridized carbons (Fsp3) is 0.750. The Balaban J connectivity index is 2.06. The molecule has 1 saturated heterocycles. The Labute approximate surface area is 176 Å². The standard InChI is InChI=1S/C20H33N5O5/c1-10(2)8-12-17(28)25(19(29)21-12)9-13(26)22-14(11(3)4)15(27)16-23-24-18(30-16)20(5,6)7/h10-12,14-15,27H,8-9H2,1-7H3,(H,21,29)(H,22,26)/t12-,14-,15?/m0/s1. The lowest BCUT2D eigenvalue weighted by atomic mass is 9.97. The van der Waals surface area contributed by atoms with Crippen LogP contribution in [-0.2, 0) is 15.0 Å². The second-order valence-electron chi connectivity index (χ2n) is 9.53. The van der Waals surface area contributed by atoms with Gasteiger partial charge in [-0.25, -0.2) is 4.79 Å². The van der Waals surface area contributed by atoms with Gasteiger partial charge in [0.1, 0.15) is 12.6 Å². The quantitative estimate of drug-likeness (QED) is 0.539. The molecule has 1 aliphatic rings. The largest absolute Gasteiger partial charge is 0.422 e. The van der Waals surface area contributed by atoms with E-state index in [4.69, 9.17) is 4.42 Å². The van der Waals surface area contributed by atoms with Crippen LogP contribution in [0, 0.1) is 11.8 Å². The normalized spacial score (nSPS) is 19.4. The van der Waals surface area contributed by atoms with Crippen molar-refractivity contribution < 1.29 is 23.9 Å². The Morgan fingerprint density at radius 1 is 1.23 bits per heavy atom. The van der Waals surface area contributed by atoms with Gasteiger partial charge in [-0.3, -0.25) is 14.5 Å². The second-order valence-corrected chi connectivity index (χ2v) is 9.53. The van der Waals surface area contributed by atoms with Crippen molar-refractivity contribution in [2.45, 2.75) is 78.5 Å². The molecule has 3 atom stereocenters. The van der Waals surface area contributed by atoms with Crippen LogP contribution < -0.4 is 10.6 Å². The van der Waals surface area contributed by atoms with Crippen LogP contribution >= 0.6 is 0 Å². The van der Waals surface area contributed by atoms with Gasteiger partial charge in [0, 0.05) is 5.41 Å². The number of nitrogens with zero attached hydrogens (tertiary/aromatic N) is 3. The lowest BCUT2D eigenvalue weighted by molar-refractivity contribution is -0.133. The Kier molecular flexibility index (Phi) is 7.23. The van der Waals surface area contributed by atoms with Crippen LogP contribution in [0.4, 0.5) is 4.79 Å². The summed E-state index contributed by atoms with van der Waals surface area (Å²) < 4.78 is 5.59. The molecule has 3 N–H and O–H groups in total. The molecule has 1 aromatic rings. The van der Waals surface area contributed by atoms with Gasteiger partial charge in [-0.15, -0.1) is 10.2 Å². The van der Waals surface area contributed by atoms with Gasteiger partial charge in [-0.1, -0.05) is 48.5 Å². The van der Waals surface area contributed by atoms with Crippen LogP contribution in [0.15, 0.2) is 4.42 Å². The summed E-state index contributed by atoms with van der Waals surface area (Å²) in [5.74, 6) is -0.548. The molecular formula is C20H33N5O5. The van der Waals surface area contributed by atoms with E-state index < -0.39 is 42.6 Å². The number of carbonyl (C=O) groups is 3. The minimum Gasteiger partial charge on any atom is -0.422 e. The number of imide groups is 1. The highest BCUT2D eigenvalue weighted by atomic mass is 16.4. The summed E-state index contributed by atoms with van der Waals surface area (Å²) in [7, 11) is 0. The van der Waals surface area contributed by atoms with E-state index in [0.29, 0.717) is 12.3 Å². The van der Waals surface area contributed by atoms with Crippen LogP contribution in [0.1, 0.15) is 72.8 Å². The topological polar surface area (TPSA) is 138 Å². The van der Waals surface area contributed by atoms with Crippen LogP contribution in [0.3, 0.4) is 0 Å². The van der Waals surface area contributed by atoms with Crippen molar-refractivity contribution in [3.63, 3.8) is 0 Å². The van der Waals surface area contributed by atoms with E-state index in [1.807, 2.05) is 48.5 Å². The molecule has 4 amide bonds. The molecule has 1 unspecified atom stereocenters. The Hall–Kier alpha value is -2.49. The second kappa shape index (κ2) is 9.11. The van der Waals surface area contributed by atoms with Crippen molar-refractivity contribution in [1.29, 1.82) is 0 Å². The van der Waals surface area contributed by atoms with Gasteiger partial charge >= 0.3 is 6.03 Å².